The molecule has 0 saturated carbocycles. The molecule has 22 heavy (non-hydrogen) atoms. The summed E-state index contributed by atoms with van der Waals surface area (Å²) in [5.41, 5.74) is 0.937. The lowest BCUT2D eigenvalue weighted by atomic mass is 9.73. The second kappa shape index (κ2) is 5.07. The average molecular weight is 304 g/mol. The predicted octanol–water partition coefficient (Wildman–Crippen LogP) is 2.75. The molecule has 0 unspecified atom stereocenters. The highest BCUT2D eigenvalue weighted by Crippen LogP contribution is 2.44. The van der Waals surface area contributed by atoms with E-state index in [9.17, 15) is 4.79 Å². The number of hydrogen-bond acceptors (Lipinski definition) is 4. The molecule has 5 heteroatoms. The summed E-state index contributed by atoms with van der Waals surface area (Å²) < 4.78 is 10.8. The van der Waals surface area contributed by atoms with Crippen LogP contribution in [0.3, 0.4) is 0 Å². The van der Waals surface area contributed by atoms with E-state index in [1.807, 2.05) is 39.0 Å². The van der Waals surface area contributed by atoms with Crippen molar-refractivity contribution in [2.75, 3.05) is 38.2 Å². The van der Waals surface area contributed by atoms with Gasteiger partial charge in [0.1, 0.15) is 11.4 Å². The van der Waals surface area contributed by atoms with Crippen LogP contribution in [0.15, 0.2) is 24.3 Å². The summed E-state index contributed by atoms with van der Waals surface area (Å²) in [5, 5.41) is 0. The summed E-state index contributed by atoms with van der Waals surface area (Å²) in [4.78, 5) is 16.1. The maximum atomic E-state index is 12.0. The van der Waals surface area contributed by atoms with E-state index in [4.69, 9.17) is 9.47 Å². The first-order valence-electron chi connectivity index (χ1n) is 7.68. The van der Waals surface area contributed by atoms with Crippen LogP contribution in [0.5, 0.6) is 5.75 Å². The average Bonchev–Trinajstić information content (AvgIpc) is 2.33. The zero-order chi connectivity index (χ0) is 16.0. The van der Waals surface area contributed by atoms with E-state index >= 15 is 0 Å². The maximum absolute atomic E-state index is 12.0. The number of nitrogens with zero attached hydrogens (tertiary/aromatic N) is 2. The number of para-hydroxylation sites is 2. The summed E-state index contributed by atoms with van der Waals surface area (Å²) in [6.45, 7) is 9.19. The molecule has 5 nitrogen and oxygen atoms in total. The summed E-state index contributed by atoms with van der Waals surface area (Å²) in [6.07, 6.45) is -0.200. The zero-order valence-corrected chi connectivity index (χ0v) is 13.8. The maximum Gasteiger partial charge on any atom is 0.410 e. The fourth-order valence-corrected chi connectivity index (χ4v) is 3.24. The minimum absolute atomic E-state index is 0.200. The van der Waals surface area contributed by atoms with Gasteiger partial charge in [-0.2, -0.15) is 0 Å². The van der Waals surface area contributed by atoms with Crippen LogP contribution in [0.2, 0.25) is 0 Å². The number of ether oxygens (including phenoxy) is 2. The Morgan fingerprint density at radius 1 is 1.14 bits per heavy atom. The van der Waals surface area contributed by atoms with Crippen molar-refractivity contribution in [2.24, 2.45) is 5.41 Å². The van der Waals surface area contributed by atoms with E-state index in [0.717, 1.165) is 37.6 Å². The van der Waals surface area contributed by atoms with Crippen LogP contribution >= 0.6 is 0 Å². The molecular formula is C17H24N2O3. The first-order valence-corrected chi connectivity index (χ1v) is 7.68. The SMILES string of the molecule is COc1ccccc1N1CC2(CN(C(=O)OC(C)(C)C)C2)C1. The predicted molar refractivity (Wildman–Crippen MR) is 85.4 cm³/mol. The van der Waals surface area contributed by atoms with Crippen molar-refractivity contribution in [1.29, 1.82) is 0 Å². The number of rotatable bonds is 2. The summed E-state index contributed by atoms with van der Waals surface area (Å²) in [6, 6.07) is 8.06. The number of methoxy groups -OCH3 is 1. The van der Waals surface area contributed by atoms with Crippen molar-refractivity contribution in [3.8, 4) is 5.75 Å². The molecule has 0 aromatic heterocycles. The van der Waals surface area contributed by atoms with Crippen LogP contribution in [0, 0.1) is 5.41 Å². The molecule has 2 saturated heterocycles. The lowest BCUT2D eigenvalue weighted by molar-refractivity contribution is -0.0453. The van der Waals surface area contributed by atoms with Gasteiger partial charge in [0.25, 0.3) is 0 Å². The normalized spacial score (nSPS) is 19.5. The van der Waals surface area contributed by atoms with Crippen molar-refractivity contribution in [3.05, 3.63) is 24.3 Å². The summed E-state index contributed by atoms with van der Waals surface area (Å²) in [7, 11) is 1.70. The second-order valence-corrected chi connectivity index (χ2v) is 7.36. The van der Waals surface area contributed by atoms with E-state index in [1.165, 1.54) is 0 Å². The number of hydrogen-bond donors (Lipinski definition) is 0. The van der Waals surface area contributed by atoms with Crippen LogP contribution in [-0.2, 0) is 4.74 Å². The van der Waals surface area contributed by atoms with Crippen molar-refractivity contribution < 1.29 is 14.3 Å². The molecule has 2 fully saturated rings. The molecule has 0 radical (unpaired) electrons. The third kappa shape index (κ3) is 2.72. The van der Waals surface area contributed by atoms with Gasteiger partial charge in [0.15, 0.2) is 0 Å². The van der Waals surface area contributed by atoms with Gasteiger partial charge in [-0.15, -0.1) is 0 Å². The number of carbonyl (C=O) groups is 1. The van der Waals surface area contributed by atoms with Gasteiger partial charge in [0, 0.05) is 31.6 Å². The van der Waals surface area contributed by atoms with Gasteiger partial charge < -0.3 is 19.3 Å². The molecule has 0 bridgehead atoms. The fraction of sp³-hybridized carbons (Fsp3) is 0.588. The largest absolute Gasteiger partial charge is 0.495 e. The fourth-order valence-electron chi connectivity index (χ4n) is 3.24. The number of amides is 1. The molecule has 120 valence electrons. The first-order chi connectivity index (χ1) is 10.3. The highest BCUT2D eigenvalue weighted by Gasteiger charge is 2.54. The van der Waals surface area contributed by atoms with E-state index in [0.29, 0.717) is 0 Å². The molecular weight excluding hydrogens is 280 g/mol. The molecule has 2 aliphatic heterocycles. The molecule has 0 N–H and O–H groups in total. The molecule has 1 aromatic rings. The van der Waals surface area contributed by atoms with Gasteiger partial charge in [0.05, 0.1) is 12.8 Å². The van der Waals surface area contributed by atoms with Gasteiger partial charge in [-0.3, -0.25) is 0 Å². The second-order valence-electron chi connectivity index (χ2n) is 7.36. The first kappa shape index (κ1) is 15.0. The van der Waals surface area contributed by atoms with E-state index in [-0.39, 0.29) is 11.5 Å². The Balaban J connectivity index is 1.54. The Kier molecular flexibility index (Phi) is 3.46. The Morgan fingerprint density at radius 2 is 1.77 bits per heavy atom. The number of carbonyl (C=O) groups excluding carboxylic acids is 1. The monoisotopic (exact) mass is 304 g/mol. The summed E-state index contributed by atoms with van der Waals surface area (Å²) >= 11 is 0. The highest BCUT2D eigenvalue weighted by atomic mass is 16.6. The summed E-state index contributed by atoms with van der Waals surface area (Å²) in [5.74, 6) is 0.903. The molecule has 1 spiro atoms. The molecule has 3 rings (SSSR count). The Labute approximate surface area is 131 Å². The number of anilines is 1. The van der Waals surface area contributed by atoms with E-state index < -0.39 is 5.60 Å². The van der Waals surface area contributed by atoms with Crippen LogP contribution < -0.4 is 9.64 Å². The quantitative estimate of drug-likeness (QED) is 0.842. The van der Waals surface area contributed by atoms with Gasteiger partial charge >= 0.3 is 6.09 Å². The van der Waals surface area contributed by atoms with Crippen LogP contribution in [-0.4, -0.2) is 49.9 Å². The van der Waals surface area contributed by atoms with Gasteiger partial charge in [0.2, 0.25) is 0 Å². The van der Waals surface area contributed by atoms with Crippen LogP contribution in [0.25, 0.3) is 0 Å². The van der Waals surface area contributed by atoms with E-state index in [1.54, 1.807) is 12.0 Å². The van der Waals surface area contributed by atoms with Crippen LogP contribution in [0.1, 0.15) is 20.8 Å². The minimum atomic E-state index is -0.428. The number of likely N-dealkylation sites (tertiary alicyclic amines) is 1. The lowest BCUT2D eigenvalue weighted by Gasteiger charge is -2.60. The van der Waals surface area contributed by atoms with Crippen molar-refractivity contribution >= 4 is 11.8 Å². The standard InChI is InChI=1S/C17H24N2O3/c1-16(2,3)22-15(20)19-11-17(12-19)9-18(10-17)13-7-5-6-8-14(13)21-4/h5-8H,9-12H2,1-4H3. The highest BCUT2D eigenvalue weighted by molar-refractivity contribution is 5.70. The van der Waals surface area contributed by atoms with E-state index in [2.05, 4.69) is 11.0 Å². The third-order valence-corrected chi connectivity index (χ3v) is 4.18. The third-order valence-electron chi connectivity index (χ3n) is 4.18. The topological polar surface area (TPSA) is 42.0 Å². The smallest absolute Gasteiger partial charge is 0.410 e. The van der Waals surface area contributed by atoms with Crippen molar-refractivity contribution in [3.63, 3.8) is 0 Å². The molecule has 0 atom stereocenters. The van der Waals surface area contributed by atoms with Gasteiger partial charge in [-0.25, -0.2) is 4.79 Å². The lowest BCUT2D eigenvalue weighted by Crippen LogP contribution is -2.73. The van der Waals surface area contributed by atoms with Gasteiger partial charge in [-0.1, -0.05) is 12.1 Å². The Bertz CT molecular complexity index is 566. The Morgan fingerprint density at radius 3 is 2.36 bits per heavy atom. The molecule has 2 heterocycles. The number of benzene rings is 1. The molecule has 2 aliphatic rings. The molecule has 1 aromatic carbocycles. The zero-order valence-electron chi connectivity index (χ0n) is 13.8. The Hall–Kier alpha value is -1.91. The minimum Gasteiger partial charge on any atom is -0.495 e. The van der Waals surface area contributed by atoms with Crippen molar-refractivity contribution in [2.45, 2.75) is 26.4 Å². The molecule has 0 aliphatic carbocycles. The van der Waals surface area contributed by atoms with Gasteiger partial charge in [-0.05, 0) is 32.9 Å². The van der Waals surface area contributed by atoms with Crippen molar-refractivity contribution in [1.82, 2.24) is 4.90 Å². The van der Waals surface area contributed by atoms with Crippen LogP contribution in [0.4, 0.5) is 10.5 Å². The molecule has 1 amide bonds.